The van der Waals surface area contributed by atoms with Crippen molar-refractivity contribution in [2.75, 3.05) is 4.23 Å². The SMILES string of the molecule is CC(C)(C)C[SiH2]N(c1ccccc1)[Si](C)(C)C. The Kier molecular flexibility index (Phi) is 4.61. The van der Waals surface area contributed by atoms with E-state index in [0.29, 0.717) is 5.41 Å². The lowest BCUT2D eigenvalue weighted by molar-refractivity contribution is 0.466. The summed E-state index contributed by atoms with van der Waals surface area (Å²) in [4.78, 5) is 0. The fourth-order valence-corrected chi connectivity index (χ4v) is 7.21. The number of para-hydroxylation sites is 1. The maximum atomic E-state index is 2.78. The van der Waals surface area contributed by atoms with Crippen molar-refractivity contribution in [3.05, 3.63) is 30.3 Å². The topological polar surface area (TPSA) is 3.24 Å². The standard InChI is InChI=1S/C14H27NSi2/c1-14(2,3)12-16-15(17(4,5)6)13-10-8-7-9-11-13/h7-11H,12,16H2,1-6H3. The molecule has 1 rings (SSSR count). The minimum Gasteiger partial charge on any atom is -0.429 e. The first-order valence-electron chi connectivity index (χ1n) is 6.53. The summed E-state index contributed by atoms with van der Waals surface area (Å²) in [7, 11) is -1.42. The van der Waals surface area contributed by atoms with Crippen LogP contribution in [-0.2, 0) is 0 Å². The molecule has 0 aliphatic carbocycles. The second-order valence-electron chi connectivity index (χ2n) is 6.97. The molecule has 3 heteroatoms. The van der Waals surface area contributed by atoms with Gasteiger partial charge in [-0.05, 0) is 23.6 Å². The first kappa shape index (κ1) is 14.5. The van der Waals surface area contributed by atoms with Crippen molar-refractivity contribution in [2.45, 2.75) is 46.5 Å². The van der Waals surface area contributed by atoms with Gasteiger partial charge in [0.05, 0.1) is 0 Å². The number of rotatable bonds is 4. The Bertz CT molecular complexity index is 335. The van der Waals surface area contributed by atoms with Crippen LogP contribution in [0.15, 0.2) is 30.3 Å². The summed E-state index contributed by atoms with van der Waals surface area (Å²) in [6, 6.07) is 12.4. The molecule has 1 aromatic carbocycles. The molecule has 0 saturated heterocycles. The van der Waals surface area contributed by atoms with Crippen LogP contribution in [-0.4, -0.2) is 17.9 Å². The predicted octanol–water partition coefficient (Wildman–Crippen LogP) is 3.88. The minimum absolute atomic E-state index is 0.186. The van der Waals surface area contributed by atoms with E-state index in [1.165, 1.54) is 11.7 Å². The van der Waals surface area contributed by atoms with Crippen LogP contribution in [0, 0.1) is 5.41 Å². The third kappa shape index (κ3) is 5.09. The van der Waals surface area contributed by atoms with Gasteiger partial charge in [0, 0.05) is 5.69 Å². The van der Waals surface area contributed by atoms with Crippen LogP contribution >= 0.6 is 0 Å². The highest BCUT2D eigenvalue weighted by molar-refractivity contribution is 6.88. The fourth-order valence-electron chi connectivity index (χ4n) is 1.91. The molecule has 0 aromatic heterocycles. The molecule has 0 bridgehead atoms. The van der Waals surface area contributed by atoms with Gasteiger partial charge in [-0.2, -0.15) is 0 Å². The Labute approximate surface area is 110 Å². The molecule has 0 atom stereocenters. The van der Waals surface area contributed by atoms with Crippen LogP contribution in [0.1, 0.15) is 20.8 Å². The average molecular weight is 266 g/mol. The molecule has 96 valence electrons. The van der Waals surface area contributed by atoms with Gasteiger partial charge in [0.1, 0.15) is 17.9 Å². The Morgan fingerprint density at radius 1 is 1.06 bits per heavy atom. The molecule has 17 heavy (non-hydrogen) atoms. The van der Waals surface area contributed by atoms with Crippen LogP contribution in [0.25, 0.3) is 0 Å². The van der Waals surface area contributed by atoms with Gasteiger partial charge in [-0.25, -0.2) is 0 Å². The van der Waals surface area contributed by atoms with E-state index in [-0.39, 0.29) is 9.68 Å². The van der Waals surface area contributed by atoms with Gasteiger partial charge in [0.25, 0.3) is 0 Å². The van der Waals surface area contributed by atoms with E-state index in [1.54, 1.807) is 0 Å². The van der Waals surface area contributed by atoms with Crippen molar-refractivity contribution in [3.8, 4) is 0 Å². The summed E-state index contributed by atoms with van der Waals surface area (Å²) in [5, 5.41) is 0. The Balaban J connectivity index is 2.83. The fraction of sp³-hybridized carbons (Fsp3) is 0.571. The predicted molar refractivity (Wildman–Crippen MR) is 85.1 cm³/mol. The van der Waals surface area contributed by atoms with Gasteiger partial charge in [0.2, 0.25) is 0 Å². The summed E-state index contributed by atoms with van der Waals surface area (Å²) in [6.45, 7) is 14.4. The first-order chi connectivity index (χ1) is 7.70. The molecule has 0 saturated carbocycles. The van der Waals surface area contributed by atoms with Crippen LogP contribution < -0.4 is 4.23 Å². The van der Waals surface area contributed by atoms with E-state index in [4.69, 9.17) is 0 Å². The monoisotopic (exact) mass is 265 g/mol. The van der Waals surface area contributed by atoms with Crippen LogP contribution in [0.2, 0.25) is 25.7 Å². The Morgan fingerprint density at radius 3 is 2.00 bits per heavy atom. The second kappa shape index (κ2) is 5.40. The van der Waals surface area contributed by atoms with Crippen molar-refractivity contribution in [3.63, 3.8) is 0 Å². The molecule has 1 nitrogen and oxygen atoms in total. The summed E-state index contributed by atoms with van der Waals surface area (Å²) in [5.41, 5.74) is 1.92. The summed E-state index contributed by atoms with van der Waals surface area (Å²) < 4.78 is 2.78. The van der Waals surface area contributed by atoms with E-state index >= 15 is 0 Å². The second-order valence-corrected chi connectivity index (χ2v) is 14.1. The Hall–Kier alpha value is -0.546. The van der Waals surface area contributed by atoms with Gasteiger partial charge in [0.15, 0.2) is 0 Å². The van der Waals surface area contributed by atoms with Gasteiger partial charge >= 0.3 is 0 Å². The van der Waals surface area contributed by atoms with Crippen molar-refractivity contribution in [1.82, 2.24) is 0 Å². The van der Waals surface area contributed by atoms with E-state index in [0.717, 1.165) is 0 Å². The summed E-state index contributed by atoms with van der Waals surface area (Å²) in [6.07, 6.45) is 0. The minimum atomic E-state index is -1.23. The quantitative estimate of drug-likeness (QED) is 0.747. The number of benzene rings is 1. The van der Waals surface area contributed by atoms with Crippen molar-refractivity contribution in [2.24, 2.45) is 5.41 Å². The highest BCUT2D eigenvalue weighted by Gasteiger charge is 2.25. The molecular formula is C14H27NSi2. The molecule has 0 spiro atoms. The van der Waals surface area contributed by atoms with Crippen molar-refractivity contribution < 1.29 is 0 Å². The van der Waals surface area contributed by atoms with E-state index in [2.05, 4.69) is 75.0 Å². The van der Waals surface area contributed by atoms with Gasteiger partial charge < -0.3 is 4.23 Å². The molecule has 1 aromatic rings. The third-order valence-electron chi connectivity index (χ3n) is 2.96. The van der Waals surface area contributed by atoms with Gasteiger partial charge in [-0.3, -0.25) is 0 Å². The first-order valence-corrected chi connectivity index (χ1v) is 11.6. The molecule has 0 fully saturated rings. The number of hydrogen-bond acceptors (Lipinski definition) is 1. The normalized spacial score (nSPS) is 13.3. The molecule has 0 heterocycles. The lowest BCUT2D eigenvalue weighted by Gasteiger charge is -2.38. The molecule has 0 aliphatic rings. The molecule has 0 amide bonds. The van der Waals surface area contributed by atoms with Crippen molar-refractivity contribution >= 4 is 23.6 Å². The zero-order valence-corrected chi connectivity index (χ0v) is 14.7. The largest absolute Gasteiger partial charge is 0.429 e. The number of hydrogen-bond donors (Lipinski definition) is 0. The van der Waals surface area contributed by atoms with Crippen LogP contribution in [0.5, 0.6) is 0 Å². The highest BCUT2D eigenvalue weighted by atomic mass is 28.4. The Morgan fingerprint density at radius 2 is 1.59 bits per heavy atom. The molecule has 0 radical (unpaired) electrons. The third-order valence-corrected chi connectivity index (χ3v) is 10.9. The van der Waals surface area contributed by atoms with Crippen molar-refractivity contribution in [1.29, 1.82) is 0 Å². The maximum absolute atomic E-state index is 2.78. The van der Waals surface area contributed by atoms with Crippen LogP contribution in [0.3, 0.4) is 0 Å². The highest BCUT2D eigenvalue weighted by Crippen LogP contribution is 2.25. The molecule has 0 unspecified atom stereocenters. The van der Waals surface area contributed by atoms with Crippen LogP contribution in [0.4, 0.5) is 5.69 Å². The van der Waals surface area contributed by atoms with E-state index in [1.807, 2.05) is 0 Å². The summed E-state index contributed by atoms with van der Waals surface area (Å²) >= 11 is 0. The lowest BCUT2D eigenvalue weighted by Crippen LogP contribution is -2.49. The summed E-state index contributed by atoms with van der Waals surface area (Å²) in [5.74, 6) is 0. The zero-order chi connectivity index (χ0) is 13.1. The molecule has 0 N–H and O–H groups in total. The smallest absolute Gasteiger partial charge is 0.138 e. The lowest BCUT2D eigenvalue weighted by atomic mass is 10.0. The molecule has 0 aliphatic heterocycles. The maximum Gasteiger partial charge on any atom is 0.138 e. The average Bonchev–Trinajstić information content (AvgIpc) is 2.15. The van der Waals surface area contributed by atoms with E-state index in [9.17, 15) is 0 Å². The van der Waals surface area contributed by atoms with E-state index < -0.39 is 8.24 Å². The number of anilines is 1. The molecular weight excluding hydrogens is 238 g/mol. The zero-order valence-electron chi connectivity index (χ0n) is 12.2. The van der Waals surface area contributed by atoms with Gasteiger partial charge in [-0.15, -0.1) is 0 Å². The number of nitrogens with zero attached hydrogens (tertiary/aromatic N) is 1. The van der Waals surface area contributed by atoms with Gasteiger partial charge in [-0.1, -0.05) is 58.6 Å².